The Bertz CT molecular complexity index is 406. The van der Waals surface area contributed by atoms with E-state index >= 15 is 0 Å². The maximum atomic E-state index is 10.6. The summed E-state index contributed by atoms with van der Waals surface area (Å²) in [6.45, 7) is 5.23. The fraction of sp³-hybridized carbons (Fsp3) is 0.154. The molecule has 2 heteroatoms. The van der Waals surface area contributed by atoms with Gasteiger partial charge in [0, 0.05) is 12.5 Å². The van der Waals surface area contributed by atoms with Crippen LogP contribution < -0.4 is 0 Å². The molecule has 0 aliphatic rings. The fourth-order valence-corrected chi connectivity index (χ4v) is 1.33. The van der Waals surface area contributed by atoms with Crippen molar-refractivity contribution < 1.29 is 4.79 Å². The largest absolute Gasteiger partial charge is 0.288 e. The van der Waals surface area contributed by atoms with E-state index in [1.807, 2.05) is 24.3 Å². The third kappa shape index (κ3) is 4.53. The van der Waals surface area contributed by atoms with E-state index in [-0.39, 0.29) is 5.12 Å². The van der Waals surface area contributed by atoms with Crippen LogP contribution in [0.4, 0.5) is 0 Å². The molecule has 15 heavy (non-hydrogen) atoms. The van der Waals surface area contributed by atoms with Gasteiger partial charge >= 0.3 is 0 Å². The van der Waals surface area contributed by atoms with E-state index in [4.69, 9.17) is 0 Å². The molecule has 1 aromatic rings. The predicted octanol–water partition coefficient (Wildman–Crippen LogP) is 2.96. The molecule has 0 unspecified atom stereocenters. The van der Waals surface area contributed by atoms with E-state index in [9.17, 15) is 4.79 Å². The summed E-state index contributed by atoms with van der Waals surface area (Å²) in [6, 6.07) is 7.83. The lowest BCUT2D eigenvalue weighted by Crippen LogP contribution is -1.82. The molecule has 0 aromatic heterocycles. The number of hydrogen-bond acceptors (Lipinski definition) is 2. The van der Waals surface area contributed by atoms with E-state index < -0.39 is 0 Å². The van der Waals surface area contributed by atoms with Gasteiger partial charge in [0.1, 0.15) is 0 Å². The maximum Gasteiger partial charge on any atom is 0.186 e. The minimum absolute atomic E-state index is 0.103. The van der Waals surface area contributed by atoms with Gasteiger partial charge in [0.2, 0.25) is 0 Å². The monoisotopic (exact) mass is 216 g/mol. The second-order valence-corrected chi connectivity index (χ2v) is 4.06. The Morgan fingerprint density at radius 2 is 2.13 bits per heavy atom. The van der Waals surface area contributed by atoms with Gasteiger partial charge in [0.15, 0.2) is 5.12 Å². The highest BCUT2D eigenvalue weighted by Gasteiger charge is 1.89. The van der Waals surface area contributed by atoms with Gasteiger partial charge < -0.3 is 0 Å². The molecule has 76 valence electrons. The van der Waals surface area contributed by atoms with Crippen LogP contribution in [-0.4, -0.2) is 10.9 Å². The predicted molar refractivity (Wildman–Crippen MR) is 66.6 cm³/mol. The summed E-state index contributed by atoms with van der Waals surface area (Å²) < 4.78 is 0. The Hall–Kier alpha value is -1.46. The van der Waals surface area contributed by atoms with E-state index in [0.29, 0.717) is 5.75 Å². The molecule has 0 fully saturated rings. The molecule has 1 rings (SSSR count). The van der Waals surface area contributed by atoms with Gasteiger partial charge in [-0.15, -0.1) is 0 Å². The van der Waals surface area contributed by atoms with Crippen molar-refractivity contribution in [1.82, 2.24) is 0 Å². The molecule has 0 aliphatic heterocycles. The highest BCUT2D eigenvalue weighted by atomic mass is 32.2. The third-order valence-corrected chi connectivity index (χ3v) is 2.42. The van der Waals surface area contributed by atoms with E-state index in [1.165, 1.54) is 11.8 Å². The Morgan fingerprint density at radius 3 is 2.67 bits per heavy atom. The van der Waals surface area contributed by atoms with Gasteiger partial charge in [-0.25, -0.2) is 0 Å². The van der Waals surface area contributed by atoms with Crippen LogP contribution in [0.15, 0.2) is 30.8 Å². The van der Waals surface area contributed by atoms with Crippen LogP contribution in [0.3, 0.4) is 0 Å². The van der Waals surface area contributed by atoms with Crippen LogP contribution in [0.5, 0.6) is 0 Å². The first-order valence-corrected chi connectivity index (χ1v) is 5.55. The van der Waals surface area contributed by atoms with Crippen molar-refractivity contribution in [2.75, 3.05) is 5.75 Å². The summed E-state index contributed by atoms with van der Waals surface area (Å²) in [6.07, 6.45) is 1.79. The minimum atomic E-state index is 0.103. The van der Waals surface area contributed by atoms with Gasteiger partial charge in [0.05, 0.1) is 5.75 Å². The number of carbonyl (C=O) groups is 1. The third-order valence-electron chi connectivity index (χ3n) is 1.73. The van der Waals surface area contributed by atoms with Crippen LogP contribution in [0.1, 0.15) is 18.1 Å². The summed E-state index contributed by atoms with van der Waals surface area (Å²) in [5, 5.41) is 0.103. The zero-order valence-corrected chi connectivity index (χ0v) is 9.43. The minimum Gasteiger partial charge on any atom is -0.288 e. The zero-order valence-electron chi connectivity index (χ0n) is 8.62. The number of thioether (sulfide) groups is 1. The van der Waals surface area contributed by atoms with Crippen molar-refractivity contribution in [3.05, 3.63) is 42.0 Å². The molecule has 0 atom stereocenters. The molecule has 0 bridgehead atoms. The van der Waals surface area contributed by atoms with Crippen molar-refractivity contribution in [2.45, 2.75) is 6.92 Å². The second kappa shape index (κ2) is 6.10. The number of benzene rings is 1. The first-order chi connectivity index (χ1) is 7.22. The van der Waals surface area contributed by atoms with Gasteiger partial charge in [-0.2, -0.15) is 0 Å². The highest BCUT2D eigenvalue weighted by molar-refractivity contribution is 8.13. The molecule has 0 spiro atoms. The smallest absolute Gasteiger partial charge is 0.186 e. The SMILES string of the molecule is C=Cc1ccc(C#CCSC(C)=O)cc1. The van der Waals surface area contributed by atoms with Crippen LogP contribution in [0.25, 0.3) is 6.08 Å². The number of rotatable bonds is 2. The quantitative estimate of drug-likeness (QED) is 0.707. The van der Waals surface area contributed by atoms with Gasteiger partial charge in [-0.3, -0.25) is 4.79 Å². The molecule has 0 saturated heterocycles. The standard InChI is InChI=1S/C13H12OS/c1-3-12-6-8-13(9-7-12)5-4-10-15-11(2)14/h3,6-9H,1,10H2,2H3. The van der Waals surface area contributed by atoms with Gasteiger partial charge in [-0.1, -0.05) is 48.4 Å². The summed E-state index contributed by atoms with van der Waals surface area (Å²) >= 11 is 1.23. The van der Waals surface area contributed by atoms with Crippen molar-refractivity contribution >= 4 is 23.0 Å². The Balaban J connectivity index is 2.56. The molecule has 0 saturated carbocycles. The second-order valence-electron chi connectivity index (χ2n) is 2.91. The lowest BCUT2D eigenvalue weighted by molar-refractivity contribution is -0.109. The van der Waals surface area contributed by atoms with E-state index in [2.05, 4.69) is 18.4 Å². The van der Waals surface area contributed by atoms with Crippen LogP contribution in [0, 0.1) is 11.8 Å². The molecular formula is C13H12OS. The molecular weight excluding hydrogens is 204 g/mol. The van der Waals surface area contributed by atoms with E-state index in [0.717, 1.165) is 11.1 Å². The van der Waals surface area contributed by atoms with Crippen molar-refractivity contribution in [3.8, 4) is 11.8 Å². The Morgan fingerprint density at radius 1 is 1.47 bits per heavy atom. The topological polar surface area (TPSA) is 17.1 Å². The van der Waals surface area contributed by atoms with Crippen molar-refractivity contribution in [2.24, 2.45) is 0 Å². The Kier molecular flexibility index (Phi) is 4.73. The van der Waals surface area contributed by atoms with Crippen molar-refractivity contribution in [3.63, 3.8) is 0 Å². The van der Waals surface area contributed by atoms with Crippen molar-refractivity contribution in [1.29, 1.82) is 0 Å². The summed E-state index contributed by atoms with van der Waals surface area (Å²) in [5.74, 6) is 6.48. The molecule has 0 heterocycles. The van der Waals surface area contributed by atoms with Crippen LogP contribution >= 0.6 is 11.8 Å². The zero-order chi connectivity index (χ0) is 11.1. The highest BCUT2D eigenvalue weighted by Crippen LogP contribution is 2.04. The average Bonchev–Trinajstić information content (AvgIpc) is 2.25. The summed E-state index contributed by atoms with van der Waals surface area (Å²) in [4.78, 5) is 10.6. The Labute approximate surface area is 94.6 Å². The number of hydrogen-bond donors (Lipinski definition) is 0. The van der Waals surface area contributed by atoms with E-state index in [1.54, 1.807) is 13.0 Å². The van der Waals surface area contributed by atoms with Gasteiger partial charge in [0.25, 0.3) is 0 Å². The fourth-order valence-electron chi connectivity index (χ4n) is 0.978. The maximum absolute atomic E-state index is 10.6. The molecule has 1 aromatic carbocycles. The molecule has 0 N–H and O–H groups in total. The molecule has 1 nitrogen and oxygen atoms in total. The van der Waals surface area contributed by atoms with Crippen LogP contribution in [-0.2, 0) is 4.79 Å². The first-order valence-electron chi connectivity index (χ1n) is 4.57. The average molecular weight is 216 g/mol. The first kappa shape index (κ1) is 11.6. The summed E-state index contributed by atoms with van der Waals surface area (Å²) in [5.41, 5.74) is 2.04. The molecule has 0 radical (unpaired) electrons. The molecule has 0 amide bonds. The lowest BCUT2D eigenvalue weighted by atomic mass is 10.1. The lowest BCUT2D eigenvalue weighted by Gasteiger charge is -1.92. The van der Waals surface area contributed by atoms with Crippen LogP contribution in [0.2, 0.25) is 0 Å². The normalized spacial score (nSPS) is 8.87. The summed E-state index contributed by atoms with van der Waals surface area (Å²) in [7, 11) is 0. The van der Waals surface area contributed by atoms with Gasteiger partial charge in [-0.05, 0) is 17.7 Å². The molecule has 0 aliphatic carbocycles. The number of carbonyl (C=O) groups excluding carboxylic acids is 1.